The number of fused-ring (bicyclic) bond motifs is 1. The number of nitrogens with zero attached hydrogens (tertiary/aromatic N) is 2. The number of piperidine rings is 1. The number of methoxy groups -OCH3 is 1. The number of aliphatic hydroxyl groups is 1. The molecule has 0 amide bonds. The summed E-state index contributed by atoms with van der Waals surface area (Å²) in [5.74, 6) is 0.786. The Morgan fingerprint density at radius 2 is 2.04 bits per heavy atom. The molecule has 1 fully saturated rings. The summed E-state index contributed by atoms with van der Waals surface area (Å²) in [6, 6.07) is 7.84. The summed E-state index contributed by atoms with van der Waals surface area (Å²) >= 11 is 0. The molecule has 0 bridgehead atoms. The van der Waals surface area contributed by atoms with Crippen LogP contribution in [0.1, 0.15) is 26.2 Å². The van der Waals surface area contributed by atoms with Gasteiger partial charge < -0.3 is 20.1 Å². The minimum absolute atomic E-state index is 0. The minimum atomic E-state index is -0.790. The number of β-amino-alcohol motifs (C(OH)–C–C–N with tert-alkyl or cyclic N) is 1. The van der Waals surface area contributed by atoms with Crippen molar-refractivity contribution in [3.63, 3.8) is 0 Å². The highest BCUT2D eigenvalue weighted by Gasteiger charge is 2.25. The number of halogens is 1. The monoisotopic (exact) mass is 365 g/mol. The fraction of sp³-hybridized carbons (Fsp3) is 0.526. The number of ether oxygens (including phenoxy) is 1. The third-order valence-corrected chi connectivity index (χ3v) is 4.59. The van der Waals surface area contributed by atoms with Gasteiger partial charge in [-0.1, -0.05) is 12.5 Å². The maximum absolute atomic E-state index is 10.8. The van der Waals surface area contributed by atoms with Gasteiger partial charge in [0.1, 0.15) is 5.75 Å². The van der Waals surface area contributed by atoms with Crippen molar-refractivity contribution in [3.05, 3.63) is 30.5 Å². The second-order valence-corrected chi connectivity index (χ2v) is 6.94. The van der Waals surface area contributed by atoms with Crippen molar-refractivity contribution in [2.24, 2.45) is 0 Å². The average Bonchev–Trinajstić information content (AvgIpc) is 2.60. The van der Waals surface area contributed by atoms with Crippen LogP contribution in [0.25, 0.3) is 10.9 Å². The highest BCUT2D eigenvalue weighted by atomic mass is 35.5. The number of likely N-dealkylation sites (tertiary alicyclic amines) is 1. The van der Waals surface area contributed by atoms with Crippen molar-refractivity contribution in [3.8, 4) is 5.75 Å². The van der Waals surface area contributed by atoms with Crippen LogP contribution >= 0.6 is 12.4 Å². The first-order chi connectivity index (χ1) is 11.6. The molecule has 6 heteroatoms. The summed E-state index contributed by atoms with van der Waals surface area (Å²) in [5.41, 5.74) is 0.998. The lowest BCUT2D eigenvalue weighted by Crippen LogP contribution is -2.47. The topological polar surface area (TPSA) is 57.6 Å². The minimum Gasteiger partial charge on any atom is -0.497 e. The van der Waals surface area contributed by atoms with Gasteiger partial charge in [0.05, 0.1) is 23.9 Å². The Morgan fingerprint density at radius 3 is 2.76 bits per heavy atom. The van der Waals surface area contributed by atoms with Crippen LogP contribution in [0.4, 0.5) is 5.69 Å². The zero-order valence-electron chi connectivity index (χ0n) is 15.0. The molecule has 0 saturated carbocycles. The predicted molar refractivity (Wildman–Crippen MR) is 105 cm³/mol. The summed E-state index contributed by atoms with van der Waals surface area (Å²) in [4.78, 5) is 6.82. The summed E-state index contributed by atoms with van der Waals surface area (Å²) < 4.78 is 5.38. The van der Waals surface area contributed by atoms with E-state index in [0.29, 0.717) is 13.1 Å². The van der Waals surface area contributed by atoms with Gasteiger partial charge in [0, 0.05) is 30.7 Å². The highest BCUT2D eigenvalue weighted by Crippen LogP contribution is 2.28. The predicted octanol–water partition coefficient (Wildman–Crippen LogP) is 3.31. The quantitative estimate of drug-likeness (QED) is 0.822. The number of pyridine rings is 1. The van der Waals surface area contributed by atoms with Crippen molar-refractivity contribution in [2.75, 3.05) is 38.6 Å². The summed E-state index contributed by atoms with van der Waals surface area (Å²) in [6.45, 7) is 5.22. The number of nitrogens with one attached hydrogen (secondary N) is 1. The summed E-state index contributed by atoms with van der Waals surface area (Å²) in [6.07, 6.45) is 5.55. The second-order valence-electron chi connectivity index (χ2n) is 6.94. The first kappa shape index (κ1) is 19.8. The van der Waals surface area contributed by atoms with Crippen LogP contribution in [0.3, 0.4) is 0 Å². The van der Waals surface area contributed by atoms with Gasteiger partial charge in [-0.25, -0.2) is 0 Å². The smallest absolute Gasteiger partial charge is 0.121 e. The number of hydrogen-bond donors (Lipinski definition) is 2. The largest absolute Gasteiger partial charge is 0.497 e. The normalized spacial score (nSPS) is 17.6. The lowest BCUT2D eigenvalue weighted by atomic mass is 10.0. The van der Waals surface area contributed by atoms with Crippen LogP contribution in [0.5, 0.6) is 5.75 Å². The van der Waals surface area contributed by atoms with Crippen LogP contribution in [0.15, 0.2) is 30.5 Å². The fourth-order valence-electron chi connectivity index (χ4n) is 3.36. The lowest BCUT2D eigenvalue weighted by Gasteiger charge is -2.34. The van der Waals surface area contributed by atoms with E-state index in [1.807, 2.05) is 31.2 Å². The zero-order valence-corrected chi connectivity index (χ0v) is 15.8. The molecule has 1 aliphatic rings. The molecule has 1 aliphatic heterocycles. The molecule has 5 nitrogen and oxygen atoms in total. The maximum atomic E-state index is 10.8. The lowest BCUT2D eigenvalue weighted by molar-refractivity contribution is 0.0252. The Labute approximate surface area is 155 Å². The van der Waals surface area contributed by atoms with Crippen LogP contribution in [0.2, 0.25) is 0 Å². The molecule has 2 heterocycles. The van der Waals surface area contributed by atoms with E-state index in [4.69, 9.17) is 4.74 Å². The number of benzene rings is 1. The molecule has 1 aromatic heterocycles. The van der Waals surface area contributed by atoms with Gasteiger partial charge in [-0.05, 0) is 45.0 Å². The van der Waals surface area contributed by atoms with Crippen LogP contribution < -0.4 is 10.1 Å². The van der Waals surface area contributed by atoms with Crippen LogP contribution in [-0.2, 0) is 0 Å². The van der Waals surface area contributed by atoms with Crippen molar-refractivity contribution in [2.45, 2.75) is 31.8 Å². The number of aromatic nitrogens is 1. The summed E-state index contributed by atoms with van der Waals surface area (Å²) in [7, 11) is 1.66. The van der Waals surface area contributed by atoms with E-state index in [0.717, 1.165) is 35.4 Å². The number of anilines is 1. The Balaban J connectivity index is 0.00000225. The standard InChI is InChI=1S/C19H27N3O2.ClH/c1-19(23,14-22-9-4-3-5-10-22)13-21-17-12-16(24-2)11-15-7-6-8-20-18(15)17;/h6-8,11-12,21,23H,3-5,9-10,13-14H2,1-2H3;1H. The molecule has 0 radical (unpaired) electrons. The molecule has 25 heavy (non-hydrogen) atoms. The van der Waals surface area contributed by atoms with E-state index in [-0.39, 0.29) is 12.4 Å². The fourth-order valence-corrected chi connectivity index (χ4v) is 3.36. The molecular formula is C19H28ClN3O2. The van der Waals surface area contributed by atoms with Gasteiger partial charge in [0.15, 0.2) is 0 Å². The SMILES string of the molecule is COc1cc(NCC(C)(O)CN2CCCCC2)c2ncccc2c1.Cl. The van der Waals surface area contributed by atoms with Gasteiger partial charge in [-0.3, -0.25) is 4.98 Å². The number of hydrogen-bond acceptors (Lipinski definition) is 5. The first-order valence-corrected chi connectivity index (χ1v) is 8.69. The van der Waals surface area contributed by atoms with Crippen molar-refractivity contribution < 1.29 is 9.84 Å². The molecule has 1 unspecified atom stereocenters. The molecule has 1 aromatic carbocycles. The maximum Gasteiger partial charge on any atom is 0.121 e. The molecular weight excluding hydrogens is 338 g/mol. The molecule has 2 N–H and O–H groups in total. The van der Waals surface area contributed by atoms with Gasteiger partial charge in [0.25, 0.3) is 0 Å². The molecule has 0 spiro atoms. The van der Waals surface area contributed by atoms with E-state index in [9.17, 15) is 5.11 Å². The third-order valence-electron chi connectivity index (χ3n) is 4.59. The molecule has 0 aliphatic carbocycles. The van der Waals surface area contributed by atoms with Crippen molar-refractivity contribution in [1.29, 1.82) is 0 Å². The van der Waals surface area contributed by atoms with Gasteiger partial charge >= 0.3 is 0 Å². The Hall–Kier alpha value is -1.56. The molecule has 3 rings (SSSR count). The van der Waals surface area contributed by atoms with E-state index in [1.165, 1.54) is 19.3 Å². The van der Waals surface area contributed by atoms with E-state index >= 15 is 0 Å². The molecule has 1 saturated heterocycles. The molecule has 2 aromatic rings. The second kappa shape index (κ2) is 8.70. The van der Waals surface area contributed by atoms with E-state index < -0.39 is 5.60 Å². The molecule has 138 valence electrons. The van der Waals surface area contributed by atoms with Gasteiger partial charge in [-0.2, -0.15) is 0 Å². The van der Waals surface area contributed by atoms with E-state index in [2.05, 4.69) is 15.2 Å². The Kier molecular flexibility index (Phi) is 6.87. The highest BCUT2D eigenvalue weighted by molar-refractivity contribution is 5.91. The molecule has 1 atom stereocenters. The third kappa shape index (κ3) is 5.21. The average molecular weight is 366 g/mol. The Bertz CT molecular complexity index is 687. The van der Waals surface area contributed by atoms with Gasteiger partial charge in [0.2, 0.25) is 0 Å². The van der Waals surface area contributed by atoms with E-state index in [1.54, 1.807) is 13.3 Å². The van der Waals surface area contributed by atoms with Crippen LogP contribution in [0, 0.1) is 0 Å². The van der Waals surface area contributed by atoms with Gasteiger partial charge in [-0.15, -0.1) is 12.4 Å². The number of rotatable bonds is 6. The Morgan fingerprint density at radius 1 is 1.28 bits per heavy atom. The van der Waals surface area contributed by atoms with Crippen molar-refractivity contribution in [1.82, 2.24) is 9.88 Å². The first-order valence-electron chi connectivity index (χ1n) is 8.69. The summed E-state index contributed by atoms with van der Waals surface area (Å²) in [5, 5.41) is 15.2. The van der Waals surface area contributed by atoms with Crippen LogP contribution in [-0.4, -0.2) is 53.9 Å². The van der Waals surface area contributed by atoms with Crippen molar-refractivity contribution >= 4 is 29.0 Å². The zero-order chi connectivity index (χ0) is 17.0.